The number of carbonyl (C=O) groups is 1. The first-order valence-electron chi connectivity index (χ1n) is 8.74. The maximum atomic E-state index is 12.8. The molecule has 0 bridgehead atoms. The Bertz CT molecular complexity index is 1190. The Balaban J connectivity index is 1.79. The molecule has 0 aliphatic carbocycles. The zero-order valence-corrected chi connectivity index (χ0v) is 15.9. The Morgan fingerprint density at radius 3 is 2.68 bits per heavy atom. The fraction of sp³-hybridized carbons (Fsp3) is 0.0909. The molecule has 0 aliphatic rings. The molecule has 6 heteroatoms. The van der Waals surface area contributed by atoms with E-state index in [4.69, 9.17) is 20.4 Å². The molecule has 2 heterocycles. The van der Waals surface area contributed by atoms with Gasteiger partial charge in [-0.25, -0.2) is 4.99 Å². The van der Waals surface area contributed by atoms with Gasteiger partial charge in [0, 0.05) is 10.4 Å². The maximum Gasteiger partial charge on any atom is 0.257 e. The van der Waals surface area contributed by atoms with Crippen LogP contribution in [0.2, 0.25) is 5.02 Å². The highest BCUT2D eigenvalue weighted by Crippen LogP contribution is 2.20. The van der Waals surface area contributed by atoms with Crippen molar-refractivity contribution in [2.45, 2.75) is 13.5 Å². The van der Waals surface area contributed by atoms with Crippen molar-refractivity contribution in [2.75, 3.05) is 0 Å². The largest absolute Gasteiger partial charge is 0.467 e. The highest BCUT2D eigenvalue weighted by atomic mass is 35.5. The van der Waals surface area contributed by atoms with Crippen LogP contribution in [0.15, 0.2) is 80.8 Å². The number of nitrogens with one attached hydrogen (secondary N) is 1. The first kappa shape index (κ1) is 18.1. The number of benzene rings is 2. The molecule has 28 heavy (non-hydrogen) atoms. The average molecular weight is 393 g/mol. The Labute approximate surface area is 166 Å². The lowest BCUT2D eigenvalue weighted by Crippen LogP contribution is -2.28. The van der Waals surface area contributed by atoms with Gasteiger partial charge in [0.15, 0.2) is 0 Å². The number of aryl methyl sites for hydroxylation is 1. The van der Waals surface area contributed by atoms with E-state index in [2.05, 4.69) is 10.3 Å². The highest BCUT2D eigenvalue weighted by Gasteiger charge is 2.13. The lowest BCUT2D eigenvalue weighted by molar-refractivity contribution is 0.0944. The molecule has 4 rings (SSSR count). The van der Waals surface area contributed by atoms with Crippen molar-refractivity contribution in [1.29, 1.82) is 0 Å². The van der Waals surface area contributed by atoms with E-state index in [-0.39, 0.29) is 18.0 Å². The molecule has 4 aromatic rings. The molecule has 0 fully saturated rings. The zero-order valence-electron chi connectivity index (χ0n) is 15.1. The molecular formula is C22H17ClN2O3. The van der Waals surface area contributed by atoms with Crippen LogP contribution in [0.4, 0.5) is 5.69 Å². The van der Waals surface area contributed by atoms with Crippen LogP contribution in [0.5, 0.6) is 0 Å². The third kappa shape index (κ3) is 4.00. The summed E-state index contributed by atoms with van der Waals surface area (Å²) >= 11 is 6.09. The van der Waals surface area contributed by atoms with E-state index in [1.165, 1.54) is 0 Å². The maximum absolute atomic E-state index is 12.8. The zero-order chi connectivity index (χ0) is 19.5. The summed E-state index contributed by atoms with van der Waals surface area (Å²) in [7, 11) is 0. The van der Waals surface area contributed by atoms with Gasteiger partial charge in [-0.05, 0) is 55.5 Å². The predicted molar refractivity (Wildman–Crippen MR) is 108 cm³/mol. The minimum absolute atomic E-state index is 0.232. The van der Waals surface area contributed by atoms with Gasteiger partial charge in [-0.15, -0.1) is 0 Å². The summed E-state index contributed by atoms with van der Waals surface area (Å²) in [5, 5.41) is 4.11. The van der Waals surface area contributed by atoms with Gasteiger partial charge in [-0.1, -0.05) is 29.3 Å². The quantitative estimate of drug-likeness (QED) is 0.522. The SMILES string of the molecule is Cc1ccc(N=c2oc3ccc(Cl)cc3cc2C(=O)NCc2ccco2)cc1. The molecule has 0 spiro atoms. The predicted octanol–water partition coefficient (Wildman–Crippen LogP) is 5.15. The van der Waals surface area contributed by atoms with Crippen molar-refractivity contribution >= 4 is 34.2 Å². The Kier molecular flexibility index (Phi) is 5.00. The van der Waals surface area contributed by atoms with Crippen molar-refractivity contribution in [3.63, 3.8) is 0 Å². The first-order chi connectivity index (χ1) is 13.6. The van der Waals surface area contributed by atoms with Crippen LogP contribution in [0.3, 0.4) is 0 Å². The molecule has 0 unspecified atom stereocenters. The minimum atomic E-state index is -0.312. The molecule has 5 nitrogen and oxygen atoms in total. The fourth-order valence-electron chi connectivity index (χ4n) is 2.76. The summed E-state index contributed by atoms with van der Waals surface area (Å²) in [6.45, 7) is 2.27. The van der Waals surface area contributed by atoms with E-state index >= 15 is 0 Å². The lowest BCUT2D eigenvalue weighted by atomic mass is 10.1. The average Bonchev–Trinajstić information content (AvgIpc) is 3.21. The van der Waals surface area contributed by atoms with E-state index in [0.717, 1.165) is 10.9 Å². The van der Waals surface area contributed by atoms with E-state index in [0.29, 0.717) is 27.6 Å². The van der Waals surface area contributed by atoms with Crippen molar-refractivity contribution < 1.29 is 13.6 Å². The smallest absolute Gasteiger partial charge is 0.257 e. The van der Waals surface area contributed by atoms with Gasteiger partial charge in [0.1, 0.15) is 16.9 Å². The van der Waals surface area contributed by atoms with Crippen LogP contribution in [-0.2, 0) is 6.54 Å². The Morgan fingerprint density at radius 1 is 1.11 bits per heavy atom. The molecule has 2 aromatic heterocycles. The molecule has 1 amide bonds. The molecule has 0 saturated heterocycles. The van der Waals surface area contributed by atoms with E-state index in [1.807, 2.05) is 31.2 Å². The van der Waals surface area contributed by atoms with Crippen LogP contribution >= 0.6 is 11.6 Å². The molecule has 1 N–H and O–H groups in total. The second-order valence-corrected chi connectivity index (χ2v) is 6.79. The number of fused-ring (bicyclic) bond motifs is 1. The van der Waals surface area contributed by atoms with Gasteiger partial charge in [0.05, 0.1) is 18.5 Å². The summed E-state index contributed by atoms with van der Waals surface area (Å²) in [6.07, 6.45) is 1.56. The van der Waals surface area contributed by atoms with Crippen LogP contribution in [0.1, 0.15) is 21.7 Å². The van der Waals surface area contributed by atoms with Crippen molar-refractivity contribution in [1.82, 2.24) is 5.32 Å². The summed E-state index contributed by atoms with van der Waals surface area (Å²) in [5.41, 5.74) is 2.97. The van der Waals surface area contributed by atoms with Gasteiger partial charge in [0.2, 0.25) is 5.55 Å². The number of amides is 1. The Hall–Kier alpha value is -3.31. The van der Waals surface area contributed by atoms with Crippen molar-refractivity contribution in [3.8, 4) is 0 Å². The minimum Gasteiger partial charge on any atom is -0.467 e. The number of nitrogens with zero attached hydrogens (tertiary/aromatic N) is 1. The summed E-state index contributed by atoms with van der Waals surface area (Å²) in [6, 6.07) is 18.2. The van der Waals surface area contributed by atoms with Crippen molar-refractivity contribution in [3.05, 3.63) is 94.4 Å². The van der Waals surface area contributed by atoms with E-state index < -0.39 is 0 Å². The fourth-order valence-corrected chi connectivity index (χ4v) is 2.94. The molecule has 0 saturated carbocycles. The standard InChI is InChI=1S/C22H17ClN2O3/c1-14-4-7-17(8-5-14)25-22-19(21(26)24-13-18-3-2-10-27-18)12-15-11-16(23)6-9-20(15)28-22/h2-12H,13H2,1H3,(H,24,26). The molecule has 0 atom stereocenters. The van der Waals surface area contributed by atoms with Crippen LogP contribution in [-0.4, -0.2) is 5.91 Å². The number of furan rings is 1. The van der Waals surface area contributed by atoms with Gasteiger partial charge in [-0.2, -0.15) is 0 Å². The molecule has 0 aliphatic heterocycles. The lowest BCUT2D eigenvalue weighted by Gasteiger charge is -2.06. The third-order valence-electron chi connectivity index (χ3n) is 4.22. The number of rotatable bonds is 4. The van der Waals surface area contributed by atoms with Crippen molar-refractivity contribution in [2.24, 2.45) is 4.99 Å². The normalized spacial score (nSPS) is 11.7. The third-order valence-corrected chi connectivity index (χ3v) is 4.46. The molecular weight excluding hydrogens is 376 g/mol. The highest BCUT2D eigenvalue weighted by molar-refractivity contribution is 6.31. The summed E-state index contributed by atoms with van der Waals surface area (Å²) < 4.78 is 11.2. The molecule has 0 radical (unpaired) electrons. The van der Waals surface area contributed by atoms with Crippen LogP contribution < -0.4 is 10.9 Å². The molecule has 2 aromatic carbocycles. The van der Waals surface area contributed by atoms with Gasteiger partial charge >= 0.3 is 0 Å². The number of halogens is 1. The number of hydrogen-bond acceptors (Lipinski definition) is 4. The van der Waals surface area contributed by atoms with Crippen LogP contribution in [0.25, 0.3) is 11.0 Å². The number of hydrogen-bond donors (Lipinski definition) is 1. The second-order valence-electron chi connectivity index (χ2n) is 6.36. The summed E-state index contributed by atoms with van der Waals surface area (Å²) in [4.78, 5) is 17.4. The molecule has 140 valence electrons. The first-order valence-corrected chi connectivity index (χ1v) is 9.12. The second kappa shape index (κ2) is 7.74. The van der Waals surface area contributed by atoms with Gasteiger partial charge in [-0.3, -0.25) is 4.79 Å². The Morgan fingerprint density at radius 2 is 1.93 bits per heavy atom. The van der Waals surface area contributed by atoms with Gasteiger partial charge in [0.25, 0.3) is 5.91 Å². The monoisotopic (exact) mass is 392 g/mol. The topological polar surface area (TPSA) is 67.7 Å². The van der Waals surface area contributed by atoms with E-state index in [1.54, 1.807) is 42.7 Å². The van der Waals surface area contributed by atoms with Crippen LogP contribution in [0, 0.1) is 6.92 Å². The van der Waals surface area contributed by atoms with Gasteiger partial charge < -0.3 is 14.2 Å². The number of carbonyl (C=O) groups excluding carboxylic acids is 1. The van der Waals surface area contributed by atoms with E-state index in [9.17, 15) is 4.79 Å². The summed E-state index contributed by atoms with van der Waals surface area (Å²) in [5.74, 6) is 0.346.